The molecule has 6 heteroatoms. The van der Waals surface area contributed by atoms with Gasteiger partial charge >= 0.3 is 0 Å². The number of hydrogen-bond acceptors (Lipinski definition) is 5. The van der Waals surface area contributed by atoms with Crippen LogP contribution < -0.4 is 5.32 Å². The molecule has 0 atom stereocenters. The van der Waals surface area contributed by atoms with E-state index in [-0.39, 0.29) is 5.91 Å². The van der Waals surface area contributed by atoms with Gasteiger partial charge in [0, 0.05) is 23.7 Å². The predicted molar refractivity (Wildman–Crippen MR) is 85.3 cm³/mol. The molecule has 3 aromatic rings. The summed E-state index contributed by atoms with van der Waals surface area (Å²) in [5.41, 5.74) is 1.57. The number of benzene rings is 1. The Morgan fingerprint density at radius 2 is 2.14 bits per heavy atom. The van der Waals surface area contributed by atoms with Crippen LogP contribution in [-0.2, 0) is 0 Å². The normalized spacial score (nSPS) is 10.8. The number of fused-ring (bicyclic) bond motifs is 1. The second-order valence-electron chi connectivity index (χ2n) is 4.52. The van der Waals surface area contributed by atoms with Crippen LogP contribution in [0, 0.1) is 0 Å². The van der Waals surface area contributed by atoms with Gasteiger partial charge in [-0.1, -0.05) is 6.07 Å². The Kier molecular flexibility index (Phi) is 3.62. The minimum Gasteiger partial charge on any atom is -0.340 e. The third-order valence-corrected chi connectivity index (χ3v) is 3.88. The third kappa shape index (κ3) is 2.62. The average molecular weight is 298 g/mol. The molecule has 0 aliphatic heterocycles. The summed E-state index contributed by atoms with van der Waals surface area (Å²) in [7, 11) is 0. The summed E-state index contributed by atoms with van der Waals surface area (Å²) in [5, 5.41) is 4.11. The lowest BCUT2D eigenvalue weighted by Crippen LogP contribution is -2.05. The lowest BCUT2D eigenvalue weighted by atomic mass is 10.3. The van der Waals surface area contributed by atoms with Crippen LogP contribution in [0.5, 0.6) is 0 Å². The number of anilines is 2. The fourth-order valence-electron chi connectivity index (χ4n) is 2.14. The molecule has 1 aromatic carbocycles. The molecule has 0 aliphatic carbocycles. The van der Waals surface area contributed by atoms with Gasteiger partial charge in [0.05, 0.1) is 5.39 Å². The van der Waals surface area contributed by atoms with E-state index in [0.717, 1.165) is 11.1 Å². The molecular weight excluding hydrogens is 284 g/mol. The second-order valence-corrected chi connectivity index (χ2v) is 5.40. The fraction of sp³-hybridized carbons (Fsp3) is 0.133. The van der Waals surface area contributed by atoms with Crippen LogP contribution in [0.1, 0.15) is 11.7 Å². The van der Waals surface area contributed by atoms with E-state index in [1.807, 2.05) is 24.5 Å². The highest BCUT2D eigenvalue weighted by atomic mass is 32.2. The molecule has 0 saturated carbocycles. The average Bonchev–Trinajstić information content (AvgIpc) is 2.93. The van der Waals surface area contributed by atoms with Gasteiger partial charge in [-0.15, -0.1) is 11.8 Å². The van der Waals surface area contributed by atoms with Crippen molar-refractivity contribution < 1.29 is 4.79 Å². The smallest absolute Gasteiger partial charge is 0.229 e. The molecule has 0 aliphatic rings. The van der Waals surface area contributed by atoms with Gasteiger partial charge in [-0.2, -0.15) is 0 Å². The molecule has 3 rings (SSSR count). The zero-order valence-electron chi connectivity index (χ0n) is 11.7. The highest BCUT2D eigenvalue weighted by molar-refractivity contribution is 7.98. The maximum atomic E-state index is 11.6. The van der Waals surface area contributed by atoms with Crippen molar-refractivity contribution in [3.05, 3.63) is 42.9 Å². The predicted octanol–water partition coefficient (Wildman–Crippen LogP) is 3.56. The number of carbonyl (C=O) groups excluding carboxylic acids is 1. The van der Waals surface area contributed by atoms with Crippen molar-refractivity contribution in [1.82, 2.24) is 14.5 Å². The van der Waals surface area contributed by atoms with Gasteiger partial charge in [-0.3, -0.25) is 9.36 Å². The van der Waals surface area contributed by atoms with Crippen molar-refractivity contribution in [2.75, 3.05) is 11.6 Å². The number of nitrogens with one attached hydrogen (secondary N) is 1. The molecule has 0 spiro atoms. The number of aromatic nitrogens is 3. The number of thioether (sulfide) groups is 1. The number of hydrogen-bond donors (Lipinski definition) is 1. The van der Waals surface area contributed by atoms with Crippen molar-refractivity contribution in [3.8, 4) is 0 Å². The quantitative estimate of drug-likeness (QED) is 0.749. The topological polar surface area (TPSA) is 59.8 Å². The van der Waals surface area contributed by atoms with E-state index in [1.165, 1.54) is 22.7 Å². The molecule has 0 amide bonds. The summed E-state index contributed by atoms with van der Waals surface area (Å²) in [4.78, 5) is 21.2. The second kappa shape index (κ2) is 5.57. The first-order valence-electron chi connectivity index (χ1n) is 6.43. The summed E-state index contributed by atoms with van der Waals surface area (Å²) >= 11 is 1.68. The Labute approximate surface area is 126 Å². The molecule has 2 aromatic heterocycles. The lowest BCUT2D eigenvalue weighted by Gasteiger charge is -2.08. The van der Waals surface area contributed by atoms with Crippen molar-refractivity contribution in [2.45, 2.75) is 11.8 Å². The molecule has 0 unspecified atom stereocenters. The van der Waals surface area contributed by atoms with Gasteiger partial charge < -0.3 is 5.32 Å². The first kappa shape index (κ1) is 13.6. The largest absolute Gasteiger partial charge is 0.340 e. The van der Waals surface area contributed by atoms with Gasteiger partial charge in [0.25, 0.3) is 0 Å². The van der Waals surface area contributed by atoms with Gasteiger partial charge in [0.15, 0.2) is 5.65 Å². The van der Waals surface area contributed by atoms with Crippen LogP contribution in [-0.4, -0.2) is 26.7 Å². The monoisotopic (exact) mass is 298 g/mol. The van der Waals surface area contributed by atoms with Crippen LogP contribution >= 0.6 is 11.8 Å². The van der Waals surface area contributed by atoms with Crippen LogP contribution in [0.15, 0.2) is 47.8 Å². The Hall–Kier alpha value is -2.34. The summed E-state index contributed by atoms with van der Waals surface area (Å²) in [6.45, 7) is 1.51. The van der Waals surface area contributed by atoms with Crippen molar-refractivity contribution in [3.63, 3.8) is 0 Å². The fourth-order valence-corrected chi connectivity index (χ4v) is 2.60. The van der Waals surface area contributed by atoms with E-state index >= 15 is 0 Å². The zero-order chi connectivity index (χ0) is 14.8. The summed E-state index contributed by atoms with van der Waals surface area (Å²) < 4.78 is 1.51. The van der Waals surface area contributed by atoms with Crippen LogP contribution in [0.2, 0.25) is 0 Å². The van der Waals surface area contributed by atoms with E-state index in [9.17, 15) is 4.79 Å². The Morgan fingerprint density at radius 1 is 1.29 bits per heavy atom. The van der Waals surface area contributed by atoms with Gasteiger partial charge in [0.2, 0.25) is 5.91 Å². The van der Waals surface area contributed by atoms with Crippen LogP contribution in [0.3, 0.4) is 0 Å². The summed E-state index contributed by atoms with van der Waals surface area (Å²) in [6, 6.07) is 9.93. The Morgan fingerprint density at radius 3 is 2.90 bits per heavy atom. The third-order valence-electron chi connectivity index (χ3n) is 3.15. The molecule has 5 nitrogen and oxygen atoms in total. The Bertz CT molecular complexity index is 812. The maximum Gasteiger partial charge on any atom is 0.229 e. The van der Waals surface area contributed by atoms with Gasteiger partial charge in [-0.05, 0) is 30.5 Å². The van der Waals surface area contributed by atoms with E-state index in [2.05, 4.69) is 27.4 Å². The summed E-state index contributed by atoms with van der Waals surface area (Å²) in [5.74, 6) is 0.622. The zero-order valence-corrected chi connectivity index (χ0v) is 12.5. The van der Waals surface area contributed by atoms with Gasteiger partial charge in [0.1, 0.15) is 12.1 Å². The van der Waals surface area contributed by atoms with Crippen molar-refractivity contribution >= 4 is 40.2 Å². The molecule has 1 N–H and O–H groups in total. The Balaban J connectivity index is 2.02. The van der Waals surface area contributed by atoms with Crippen molar-refractivity contribution in [1.29, 1.82) is 0 Å². The lowest BCUT2D eigenvalue weighted by molar-refractivity contribution is 0.0941. The minimum absolute atomic E-state index is 0.0703. The SMILES string of the molecule is CSc1cccc(Nc2ncnc3c2ccn3C(C)=O)c1. The number of carbonyl (C=O) groups is 1. The van der Waals surface area contributed by atoms with Crippen molar-refractivity contribution in [2.24, 2.45) is 0 Å². The molecule has 0 radical (unpaired) electrons. The summed E-state index contributed by atoms with van der Waals surface area (Å²) in [6.07, 6.45) is 5.21. The molecular formula is C15H14N4OS. The first-order chi connectivity index (χ1) is 10.2. The van der Waals surface area contributed by atoms with E-state index in [4.69, 9.17) is 0 Å². The van der Waals surface area contributed by atoms with Crippen LogP contribution in [0.4, 0.5) is 11.5 Å². The number of rotatable bonds is 3. The highest BCUT2D eigenvalue weighted by Crippen LogP contribution is 2.26. The molecule has 2 heterocycles. The minimum atomic E-state index is -0.0703. The molecule has 0 saturated heterocycles. The first-order valence-corrected chi connectivity index (χ1v) is 7.65. The van der Waals surface area contributed by atoms with E-state index in [1.54, 1.807) is 18.0 Å². The maximum absolute atomic E-state index is 11.6. The van der Waals surface area contributed by atoms with E-state index < -0.39 is 0 Å². The molecule has 21 heavy (non-hydrogen) atoms. The molecule has 0 bridgehead atoms. The highest BCUT2D eigenvalue weighted by Gasteiger charge is 2.10. The van der Waals surface area contributed by atoms with E-state index in [0.29, 0.717) is 11.5 Å². The number of nitrogens with zero attached hydrogens (tertiary/aromatic N) is 3. The van der Waals surface area contributed by atoms with Crippen LogP contribution in [0.25, 0.3) is 11.0 Å². The standard InChI is InChI=1S/C15H14N4OS/c1-10(20)19-7-6-13-14(16-9-17-15(13)19)18-11-4-3-5-12(8-11)21-2/h3-9H,1-2H3,(H,16,17,18). The molecule has 0 fully saturated rings. The molecule has 106 valence electrons. The van der Waals surface area contributed by atoms with Gasteiger partial charge in [-0.25, -0.2) is 9.97 Å².